The second kappa shape index (κ2) is 7.86. The number of likely N-dealkylation sites (N-methyl/N-ethyl adjacent to an activating group) is 1. The molecular weight excluding hydrogens is 240 g/mol. The van der Waals surface area contributed by atoms with Gasteiger partial charge in [0.25, 0.3) is 0 Å². The minimum absolute atomic E-state index is 0.00760. The molecule has 0 radical (unpaired) electrons. The molecule has 1 amide bonds. The first-order valence-corrected chi connectivity index (χ1v) is 6.62. The average molecular weight is 264 g/mol. The quantitative estimate of drug-likeness (QED) is 0.788. The van der Waals surface area contributed by atoms with Crippen molar-refractivity contribution in [2.45, 2.75) is 25.9 Å². The van der Waals surface area contributed by atoms with Gasteiger partial charge in [0.2, 0.25) is 5.91 Å². The first kappa shape index (κ1) is 15.6. The number of hydrogen-bond donors (Lipinski definition) is 1. The lowest BCUT2D eigenvalue weighted by molar-refractivity contribution is -0.133. The molecule has 0 spiro atoms. The van der Waals surface area contributed by atoms with Gasteiger partial charge in [-0.25, -0.2) is 0 Å². The summed E-state index contributed by atoms with van der Waals surface area (Å²) in [5, 5.41) is 0. The van der Waals surface area contributed by atoms with E-state index in [1.54, 1.807) is 12.4 Å². The van der Waals surface area contributed by atoms with Crippen LogP contribution < -0.4 is 5.73 Å². The molecule has 2 N–H and O–H groups in total. The number of amides is 1. The van der Waals surface area contributed by atoms with Crippen molar-refractivity contribution in [2.75, 3.05) is 27.2 Å². The molecule has 0 fully saturated rings. The van der Waals surface area contributed by atoms with Crippen molar-refractivity contribution in [1.82, 2.24) is 14.8 Å². The molecule has 0 unspecified atom stereocenters. The summed E-state index contributed by atoms with van der Waals surface area (Å²) >= 11 is 0. The molecule has 5 heteroatoms. The molecule has 1 aromatic rings. The van der Waals surface area contributed by atoms with E-state index in [1.165, 1.54) is 0 Å². The van der Waals surface area contributed by atoms with Gasteiger partial charge in [-0.1, -0.05) is 13.0 Å². The molecule has 0 aliphatic heterocycles. The molecule has 19 heavy (non-hydrogen) atoms. The van der Waals surface area contributed by atoms with Crippen LogP contribution in [0.15, 0.2) is 24.5 Å². The number of nitrogens with two attached hydrogens (primary N) is 1. The molecule has 1 atom stereocenters. The number of hydrogen-bond acceptors (Lipinski definition) is 4. The van der Waals surface area contributed by atoms with E-state index in [2.05, 4.69) is 9.88 Å². The highest BCUT2D eigenvalue weighted by atomic mass is 16.2. The maximum Gasteiger partial charge on any atom is 0.239 e. The van der Waals surface area contributed by atoms with Crippen LogP contribution in [0, 0.1) is 0 Å². The molecule has 0 saturated carbocycles. The molecule has 0 bridgehead atoms. The lowest BCUT2D eigenvalue weighted by atomic mass is 10.2. The number of aromatic nitrogens is 1. The number of carbonyl (C=O) groups is 1. The zero-order chi connectivity index (χ0) is 14.3. The molecule has 0 aliphatic carbocycles. The Labute approximate surface area is 115 Å². The first-order valence-electron chi connectivity index (χ1n) is 6.62. The van der Waals surface area contributed by atoms with Crippen LogP contribution >= 0.6 is 0 Å². The Kier molecular flexibility index (Phi) is 6.45. The summed E-state index contributed by atoms with van der Waals surface area (Å²) in [4.78, 5) is 20.2. The lowest BCUT2D eigenvalue weighted by Gasteiger charge is -2.26. The summed E-state index contributed by atoms with van der Waals surface area (Å²) in [6.07, 6.45) is 4.17. The molecule has 5 nitrogen and oxygen atoms in total. The van der Waals surface area contributed by atoms with Gasteiger partial charge >= 0.3 is 0 Å². The number of rotatable bonds is 7. The Morgan fingerprint density at radius 3 is 2.68 bits per heavy atom. The Balaban J connectivity index is 2.71. The summed E-state index contributed by atoms with van der Waals surface area (Å²) in [7, 11) is 3.99. The first-order chi connectivity index (χ1) is 9.04. The second-order valence-electron chi connectivity index (χ2n) is 4.94. The highest BCUT2D eigenvalue weighted by Crippen LogP contribution is 2.06. The lowest BCUT2D eigenvalue weighted by Crippen LogP contribution is -2.45. The fraction of sp³-hybridized carbons (Fsp3) is 0.571. The molecular formula is C14H24N4O. The zero-order valence-corrected chi connectivity index (χ0v) is 12.0. The van der Waals surface area contributed by atoms with Crippen LogP contribution in [0.2, 0.25) is 0 Å². The number of carbonyl (C=O) groups excluding carboxylic acids is 1. The highest BCUT2D eigenvalue weighted by molar-refractivity contribution is 5.81. The smallest absolute Gasteiger partial charge is 0.239 e. The van der Waals surface area contributed by atoms with Crippen LogP contribution in [-0.2, 0) is 11.3 Å². The maximum absolute atomic E-state index is 12.3. The van der Waals surface area contributed by atoms with E-state index in [-0.39, 0.29) is 5.91 Å². The maximum atomic E-state index is 12.3. The number of nitrogens with zero attached hydrogens (tertiary/aromatic N) is 3. The van der Waals surface area contributed by atoms with Gasteiger partial charge in [-0.05, 0) is 32.1 Å². The van der Waals surface area contributed by atoms with E-state index in [0.29, 0.717) is 19.5 Å². The molecule has 0 aromatic carbocycles. The fourth-order valence-corrected chi connectivity index (χ4v) is 1.71. The molecule has 1 aromatic heterocycles. The monoisotopic (exact) mass is 264 g/mol. The largest absolute Gasteiger partial charge is 0.336 e. The summed E-state index contributed by atoms with van der Waals surface area (Å²) in [6.45, 7) is 3.99. The standard InChI is InChI=1S/C14H24N4O/c1-4-13(15)14(19)18(9-8-17(2)3)11-12-6-5-7-16-10-12/h5-7,10,13H,4,8-9,11,15H2,1-3H3/t13-/m1/s1. The van der Waals surface area contributed by atoms with E-state index in [4.69, 9.17) is 5.73 Å². The van der Waals surface area contributed by atoms with Crippen LogP contribution in [0.4, 0.5) is 0 Å². The van der Waals surface area contributed by atoms with Crippen molar-refractivity contribution < 1.29 is 4.79 Å². The molecule has 0 saturated heterocycles. The summed E-state index contributed by atoms with van der Waals surface area (Å²) < 4.78 is 0. The van der Waals surface area contributed by atoms with Gasteiger partial charge in [-0.2, -0.15) is 0 Å². The van der Waals surface area contributed by atoms with E-state index in [0.717, 1.165) is 12.1 Å². The van der Waals surface area contributed by atoms with Gasteiger partial charge in [-0.3, -0.25) is 9.78 Å². The SMILES string of the molecule is CC[C@@H](N)C(=O)N(CCN(C)C)Cc1cccnc1. The third kappa shape index (κ3) is 5.36. The molecule has 0 aliphatic rings. The van der Waals surface area contributed by atoms with Gasteiger partial charge in [0.1, 0.15) is 0 Å². The van der Waals surface area contributed by atoms with Gasteiger partial charge in [-0.15, -0.1) is 0 Å². The van der Waals surface area contributed by atoms with Crippen molar-refractivity contribution in [3.05, 3.63) is 30.1 Å². The highest BCUT2D eigenvalue weighted by Gasteiger charge is 2.19. The normalized spacial score (nSPS) is 12.5. The van der Waals surface area contributed by atoms with Crippen LogP contribution in [0.3, 0.4) is 0 Å². The zero-order valence-electron chi connectivity index (χ0n) is 12.0. The van der Waals surface area contributed by atoms with E-state index in [9.17, 15) is 4.79 Å². The fourth-order valence-electron chi connectivity index (χ4n) is 1.71. The average Bonchev–Trinajstić information content (AvgIpc) is 2.42. The van der Waals surface area contributed by atoms with Crippen molar-refractivity contribution in [1.29, 1.82) is 0 Å². The van der Waals surface area contributed by atoms with Gasteiger partial charge in [0.15, 0.2) is 0 Å². The summed E-state index contributed by atoms with van der Waals surface area (Å²) in [5.41, 5.74) is 6.88. The Bertz CT molecular complexity index is 380. The van der Waals surface area contributed by atoms with Crippen LogP contribution in [-0.4, -0.2) is 53.9 Å². The molecule has 1 rings (SSSR count). The van der Waals surface area contributed by atoms with Gasteiger partial charge in [0.05, 0.1) is 6.04 Å². The van der Waals surface area contributed by atoms with Crippen molar-refractivity contribution in [3.63, 3.8) is 0 Å². The van der Waals surface area contributed by atoms with E-state index >= 15 is 0 Å². The minimum atomic E-state index is -0.418. The van der Waals surface area contributed by atoms with Gasteiger partial charge < -0.3 is 15.5 Å². The third-order valence-electron chi connectivity index (χ3n) is 2.98. The van der Waals surface area contributed by atoms with Crippen LogP contribution in [0.25, 0.3) is 0 Å². The minimum Gasteiger partial charge on any atom is -0.336 e. The van der Waals surface area contributed by atoms with E-state index < -0.39 is 6.04 Å². The Morgan fingerprint density at radius 2 is 2.16 bits per heavy atom. The summed E-state index contributed by atoms with van der Waals surface area (Å²) in [6, 6.07) is 3.43. The predicted molar refractivity (Wildman–Crippen MR) is 76.5 cm³/mol. The predicted octanol–water partition coefficient (Wildman–Crippen LogP) is 0.709. The Morgan fingerprint density at radius 1 is 1.42 bits per heavy atom. The Hall–Kier alpha value is -1.46. The topological polar surface area (TPSA) is 62.5 Å². The van der Waals surface area contributed by atoms with E-state index in [1.807, 2.05) is 38.1 Å². The van der Waals surface area contributed by atoms with Crippen molar-refractivity contribution >= 4 is 5.91 Å². The molecule has 1 heterocycles. The second-order valence-corrected chi connectivity index (χ2v) is 4.94. The van der Waals surface area contributed by atoms with Gasteiger partial charge in [0, 0.05) is 32.0 Å². The third-order valence-corrected chi connectivity index (χ3v) is 2.98. The molecule has 106 valence electrons. The van der Waals surface area contributed by atoms with Crippen molar-refractivity contribution in [2.24, 2.45) is 5.73 Å². The van der Waals surface area contributed by atoms with Crippen LogP contribution in [0.5, 0.6) is 0 Å². The van der Waals surface area contributed by atoms with Crippen LogP contribution in [0.1, 0.15) is 18.9 Å². The summed E-state index contributed by atoms with van der Waals surface area (Å²) in [5.74, 6) is 0.00760. The van der Waals surface area contributed by atoms with Crippen molar-refractivity contribution in [3.8, 4) is 0 Å². The number of pyridine rings is 1.